The van der Waals surface area contributed by atoms with E-state index >= 15 is 0 Å². The van der Waals surface area contributed by atoms with Gasteiger partial charge in [-0.1, -0.05) is 18.2 Å². The minimum absolute atomic E-state index is 0.286. The largest absolute Gasteiger partial charge is 0.497 e. The Morgan fingerprint density at radius 3 is 2.62 bits per heavy atom. The van der Waals surface area contributed by atoms with Crippen molar-refractivity contribution < 1.29 is 19.1 Å². The molecular formula is C22H21N3O4. The number of nitrogens with one attached hydrogen (secondary N) is 2. The summed E-state index contributed by atoms with van der Waals surface area (Å²) in [7, 11) is 1.56. The lowest BCUT2D eigenvalue weighted by atomic mass is 10.1. The Labute approximate surface area is 168 Å². The lowest BCUT2D eigenvalue weighted by molar-refractivity contribution is 0.0527. The summed E-state index contributed by atoms with van der Waals surface area (Å²) in [4.78, 5) is 28.8. The third kappa shape index (κ3) is 5.10. The predicted octanol–water partition coefficient (Wildman–Crippen LogP) is 4.26. The van der Waals surface area contributed by atoms with Crippen molar-refractivity contribution in [1.29, 1.82) is 0 Å². The topological polar surface area (TPSA) is 89.5 Å². The average molecular weight is 391 g/mol. The molecule has 7 heteroatoms. The molecule has 148 valence electrons. The molecule has 0 aliphatic carbocycles. The van der Waals surface area contributed by atoms with Gasteiger partial charge in [0.05, 0.1) is 42.4 Å². The molecule has 0 fully saturated rings. The van der Waals surface area contributed by atoms with Crippen molar-refractivity contribution in [2.45, 2.75) is 6.92 Å². The van der Waals surface area contributed by atoms with Crippen LogP contribution in [0.4, 0.5) is 17.1 Å². The van der Waals surface area contributed by atoms with E-state index in [0.717, 1.165) is 0 Å². The zero-order valence-corrected chi connectivity index (χ0v) is 16.1. The summed E-state index contributed by atoms with van der Waals surface area (Å²) in [5.74, 6) is -0.0875. The molecule has 1 aromatic heterocycles. The number of para-hydroxylation sites is 1. The zero-order chi connectivity index (χ0) is 20.6. The summed E-state index contributed by atoms with van der Waals surface area (Å²) in [5.41, 5.74) is 2.52. The van der Waals surface area contributed by atoms with Gasteiger partial charge in [-0.05, 0) is 37.3 Å². The first-order chi connectivity index (χ1) is 14.1. The molecule has 0 atom stereocenters. The molecule has 0 spiro atoms. The number of amides is 1. The van der Waals surface area contributed by atoms with Gasteiger partial charge in [0.25, 0.3) is 5.91 Å². The van der Waals surface area contributed by atoms with Crippen molar-refractivity contribution in [3.05, 3.63) is 78.1 Å². The second kappa shape index (κ2) is 9.36. The van der Waals surface area contributed by atoms with Gasteiger partial charge < -0.3 is 20.1 Å². The van der Waals surface area contributed by atoms with E-state index < -0.39 is 5.97 Å². The molecule has 0 bridgehead atoms. The monoisotopic (exact) mass is 391 g/mol. The Hall–Kier alpha value is -3.87. The number of carbonyl (C=O) groups is 2. The number of methoxy groups -OCH3 is 1. The third-order valence-electron chi connectivity index (χ3n) is 4.03. The number of ether oxygens (including phenoxy) is 2. The number of pyridine rings is 1. The van der Waals surface area contributed by atoms with E-state index in [1.54, 1.807) is 74.8 Å². The molecule has 0 aliphatic heterocycles. The molecule has 2 N–H and O–H groups in total. The first kappa shape index (κ1) is 19.9. The van der Waals surface area contributed by atoms with E-state index in [0.29, 0.717) is 33.9 Å². The molecule has 3 aromatic rings. The van der Waals surface area contributed by atoms with Crippen molar-refractivity contribution >= 4 is 28.9 Å². The fourth-order valence-corrected chi connectivity index (χ4v) is 2.67. The Balaban J connectivity index is 1.78. The molecule has 3 rings (SSSR count). The molecule has 1 heterocycles. The quantitative estimate of drug-likeness (QED) is 0.585. The predicted molar refractivity (Wildman–Crippen MR) is 111 cm³/mol. The highest BCUT2D eigenvalue weighted by Gasteiger charge is 2.13. The summed E-state index contributed by atoms with van der Waals surface area (Å²) in [6.45, 7) is 2.04. The van der Waals surface area contributed by atoms with Crippen LogP contribution in [-0.4, -0.2) is 30.6 Å². The Morgan fingerprint density at radius 1 is 1.00 bits per heavy atom. The van der Waals surface area contributed by atoms with Gasteiger partial charge >= 0.3 is 5.97 Å². The van der Waals surface area contributed by atoms with Crippen LogP contribution in [0.5, 0.6) is 5.75 Å². The van der Waals surface area contributed by atoms with E-state index in [1.807, 2.05) is 0 Å². The first-order valence-electron chi connectivity index (χ1n) is 9.04. The van der Waals surface area contributed by atoms with Crippen molar-refractivity contribution in [3.8, 4) is 5.75 Å². The number of rotatable bonds is 7. The van der Waals surface area contributed by atoms with Crippen molar-refractivity contribution in [2.24, 2.45) is 0 Å². The summed E-state index contributed by atoms with van der Waals surface area (Å²) in [6, 6.07) is 15.7. The highest BCUT2D eigenvalue weighted by atomic mass is 16.5. The van der Waals surface area contributed by atoms with Crippen molar-refractivity contribution in [1.82, 2.24) is 4.98 Å². The Morgan fingerprint density at radius 2 is 1.83 bits per heavy atom. The second-order valence-electron chi connectivity index (χ2n) is 6.04. The molecule has 0 saturated heterocycles. The highest BCUT2D eigenvalue weighted by molar-refractivity contribution is 6.05. The van der Waals surface area contributed by atoms with Gasteiger partial charge in [-0.25, -0.2) is 4.79 Å². The van der Waals surface area contributed by atoms with Crippen molar-refractivity contribution in [2.75, 3.05) is 24.4 Å². The van der Waals surface area contributed by atoms with Crippen LogP contribution >= 0.6 is 0 Å². The standard InChI is InChI=1S/C22H21N3O4/c1-3-29-22(27)19-9-4-5-10-20(19)24-17-11-15(13-23-14-17)21(26)25-16-7-6-8-18(12-16)28-2/h4-14,24H,3H2,1-2H3,(H,25,26). The summed E-state index contributed by atoms with van der Waals surface area (Å²) < 4.78 is 10.2. The summed E-state index contributed by atoms with van der Waals surface area (Å²) in [5, 5.41) is 5.94. The zero-order valence-electron chi connectivity index (χ0n) is 16.1. The maximum atomic E-state index is 12.6. The third-order valence-corrected chi connectivity index (χ3v) is 4.03. The lowest BCUT2D eigenvalue weighted by Gasteiger charge is -2.12. The number of anilines is 3. The van der Waals surface area contributed by atoms with Gasteiger partial charge in [-0.3, -0.25) is 9.78 Å². The van der Waals surface area contributed by atoms with Gasteiger partial charge in [-0.15, -0.1) is 0 Å². The molecular weight excluding hydrogens is 370 g/mol. The Kier molecular flexibility index (Phi) is 6.42. The summed E-state index contributed by atoms with van der Waals surface area (Å²) >= 11 is 0. The van der Waals surface area contributed by atoms with Gasteiger partial charge in [-0.2, -0.15) is 0 Å². The van der Waals surface area contributed by atoms with Crippen LogP contribution in [0, 0.1) is 0 Å². The van der Waals surface area contributed by atoms with Crippen LogP contribution in [0.15, 0.2) is 67.0 Å². The number of aromatic nitrogens is 1. The maximum Gasteiger partial charge on any atom is 0.340 e. The fourth-order valence-electron chi connectivity index (χ4n) is 2.67. The SMILES string of the molecule is CCOC(=O)c1ccccc1Nc1cncc(C(=O)Nc2cccc(OC)c2)c1. The van der Waals surface area contributed by atoms with Crippen LogP contribution in [-0.2, 0) is 4.74 Å². The number of benzene rings is 2. The molecule has 0 unspecified atom stereocenters. The number of nitrogens with zero attached hydrogens (tertiary/aromatic N) is 1. The number of hydrogen-bond donors (Lipinski definition) is 2. The van der Waals surface area contributed by atoms with Crippen LogP contribution in [0.3, 0.4) is 0 Å². The average Bonchev–Trinajstić information content (AvgIpc) is 2.74. The minimum atomic E-state index is -0.421. The van der Waals surface area contributed by atoms with E-state index in [-0.39, 0.29) is 12.5 Å². The van der Waals surface area contributed by atoms with Crippen molar-refractivity contribution in [3.63, 3.8) is 0 Å². The van der Waals surface area contributed by atoms with E-state index in [9.17, 15) is 9.59 Å². The highest BCUT2D eigenvalue weighted by Crippen LogP contribution is 2.23. The summed E-state index contributed by atoms with van der Waals surface area (Å²) in [6.07, 6.45) is 3.04. The molecule has 0 aliphatic rings. The van der Waals surface area contributed by atoms with E-state index in [4.69, 9.17) is 9.47 Å². The minimum Gasteiger partial charge on any atom is -0.497 e. The second-order valence-corrected chi connectivity index (χ2v) is 6.04. The van der Waals surface area contributed by atoms with Gasteiger partial charge in [0.1, 0.15) is 5.75 Å². The van der Waals surface area contributed by atoms with Crippen LogP contribution in [0.1, 0.15) is 27.6 Å². The molecule has 1 amide bonds. The maximum absolute atomic E-state index is 12.6. The molecule has 2 aromatic carbocycles. The van der Waals surface area contributed by atoms with Gasteiger partial charge in [0.15, 0.2) is 0 Å². The van der Waals surface area contributed by atoms with E-state index in [1.165, 1.54) is 6.20 Å². The normalized spacial score (nSPS) is 10.1. The Bertz CT molecular complexity index is 1020. The lowest BCUT2D eigenvalue weighted by Crippen LogP contribution is -2.13. The number of hydrogen-bond acceptors (Lipinski definition) is 6. The molecule has 0 radical (unpaired) electrons. The first-order valence-corrected chi connectivity index (χ1v) is 9.04. The van der Waals surface area contributed by atoms with Gasteiger partial charge in [0, 0.05) is 18.0 Å². The fraction of sp³-hybridized carbons (Fsp3) is 0.136. The number of carbonyl (C=O) groups excluding carboxylic acids is 2. The van der Waals surface area contributed by atoms with Gasteiger partial charge in [0.2, 0.25) is 0 Å². The van der Waals surface area contributed by atoms with Crippen LogP contribution < -0.4 is 15.4 Å². The molecule has 7 nitrogen and oxygen atoms in total. The molecule has 29 heavy (non-hydrogen) atoms. The smallest absolute Gasteiger partial charge is 0.340 e. The molecule has 0 saturated carbocycles. The van der Waals surface area contributed by atoms with E-state index in [2.05, 4.69) is 15.6 Å². The van der Waals surface area contributed by atoms with Crippen LogP contribution in [0.25, 0.3) is 0 Å². The number of esters is 1. The van der Waals surface area contributed by atoms with Crippen LogP contribution in [0.2, 0.25) is 0 Å².